The quantitative estimate of drug-likeness (QED) is 0.674. The summed E-state index contributed by atoms with van der Waals surface area (Å²) in [4.78, 5) is 11.7. The highest BCUT2D eigenvalue weighted by Gasteiger charge is 2.46. The minimum absolute atomic E-state index is 0.0121. The number of carbonyl (C=O) groups is 1. The molecule has 2 rings (SSSR count). The van der Waals surface area contributed by atoms with Crippen LogP contribution in [0, 0.1) is 6.92 Å². The summed E-state index contributed by atoms with van der Waals surface area (Å²) in [6.07, 6.45) is 0. The van der Waals surface area contributed by atoms with Crippen molar-refractivity contribution in [2.75, 3.05) is 5.32 Å². The number of rotatable bonds is 3. The topological polar surface area (TPSA) is 83.5 Å². The van der Waals surface area contributed by atoms with Gasteiger partial charge in [0.2, 0.25) is 0 Å². The highest BCUT2D eigenvalue weighted by molar-refractivity contribution is 7.92. The summed E-state index contributed by atoms with van der Waals surface area (Å²) in [6, 6.07) is 5.66. The number of aromatic hydroxyl groups is 1. The fourth-order valence-electron chi connectivity index (χ4n) is 2.65. The SMILES string of the molecule is Cc1cc(S(=O)(=O)C(F)(F)F)ccc1NC(=O)c1c(Cl)ccc(C(C)(C)C)c1O. The number of carbonyl (C=O) groups excluding carboxylic acids is 1. The predicted octanol–water partition coefficient (Wildman–Crippen LogP) is 5.20. The number of amides is 1. The van der Waals surface area contributed by atoms with Gasteiger partial charge in [-0.2, -0.15) is 13.2 Å². The van der Waals surface area contributed by atoms with Crippen molar-refractivity contribution in [2.45, 2.75) is 43.5 Å². The van der Waals surface area contributed by atoms with E-state index in [0.717, 1.165) is 18.2 Å². The Kier molecular flexibility index (Phi) is 5.98. The van der Waals surface area contributed by atoms with Crippen LogP contribution in [0.2, 0.25) is 5.02 Å². The fraction of sp³-hybridized carbons (Fsp3) is 0.316. The van der Waals surface area contributed by atoms with Gasteiger partial charge in [-0.25, -0.2) is 8.42 Å². The minimum Gasteiger partial charge on any atom is -0.507 e. The number of halogens is 4. The molecule has 0 saturated carbocycles. The molecule has 0 aliphatic rings. The van der Waals surface area contributed by atoms with Gasteiger partial charge in [-0.15, -0.1) is 0 Å². The molecular formula is C19H19ClF3NO4S. The Balaban J connectivity index is 2.43. The zero-order chi connectivity index (χ0) is 22.4. The Bertz CT molecular complexity index is 1070. The van der Waals surface area contributed by atoms with Gasteiger partial charge in [-0.05, 0) is 42.2 Å². The largest absolute Gasteiger partial charge is 0.507 e. The number of phenols is 1. The molecule has 1 amide bonds. The summed E-state index contributed by atoms with van der Waals surface area (Å²) >= 11 is 6.06. The smallest absolute Gasteiger partial charge is 0.501 e. The molecule has 2 N–H and O–H groups in total. The Morgan fingerprint density at radius 3 is 2.17 bits per heavy atom. The monoisotopic (exact) mass is 449 g/mol. The second-order valence-electron chi connectivity index (χ2n) is 7.45. The van der Waals surface area contributed by atoms with Gasteiger partial charge in [0.1, 0.15) is 11.3 Å². The Morgan fingerprint density at radius 1 is 1.10 bits per heavy atom. The number of benzene rings is 2. The van der Waals surface area contributed by atoms with Crippen molar-refractivity contribution in [1.82, 2.24) is 0 Å². The van der Waals surface area contributed by atoms with Gasteiger partial charge in [0.05, 0.1) is 9.92 Å². The number of phenolic OH excluding ortho intramolecular Hbond substituents is 1. The van der Waals surface area contributed by atoms with E-state index in [1.165, 1.54) is 13.0 Å². The molecule has 0 aromatic heterocycles. The lowest BCUT2D eigenvalue weighted by atomic mass is 9.85. The van der Waals surface area contributed by atoms with Gasteiger partial charge in [0, 0.05) is 11.3 Å². The van der Waals surface area contributed by atoms with Crippen LogP contribution in [-0.4, -0.2) is 24.9 Å². The maximum atomic E-state index is 12.7. The van der Waals surface area contributed by atoms with Crippen LogP contribution in [0.25, 0.3) is 0 Å². The molecule has 0 aliphatic carbocycles. The Hall–Kier alpha value is -2.26. The summed E-state index contributed by atoms with van der Waals surface area (Å²) in [5.41, 5.74) is -5.45. The van der Waals surface area contributed by atoms with Gasteiger partial charge >= 0.3 is 5.51 Å². The van der Waals surface area contributed by atoms with Crippen LogP contribution in [0.3, 0.4) is 0 Å². The third kappa shape index (κ3) is 4.51. The maximum Gasteiger partial charge on any atom is 0.501 e. The molecule has 10 heteroatoms. The standard InChI is InChI=1S/C19H19ClF3NO4S/c1-10-9-11(29(27,28)19(21,22)23)5-8-14(10)24-17(26)15-13(20)7-6-12(16(15)25)18(2,3)4/h5-9,25H,1-4H3,(H,24,26). The van der Waals surface area contributed by atoms with Gasteiger partial charge in [-0.1, -0.05) is 38.4 Å². The lowest BCUT2D eigenvalue weighted by Gasteiger charge is -2.22. The predicted molar refractivity (Wildman–Crippen MR) is 104 cm³/mol. The average molecular weight is 450 g/mol. The number of sulfone groups is 1. The van der Waals surface area contributed by atoms with Gasteiger partial charge < -0.3 is 10.4 Å². The van der Waals surface area contributed by atoms with Gasteiger partial charge in [-0.3, -0.25) is 4.79 Å². The second kappa shape index (κ2) is 7.53. The number of hydrogen-bond donors (Lipinski definition) is 2. The van der Waals surface area contributed by atoms with E-state index >= 15 is 0 Å². The van der Waals surface area contributed by atoms with Crippen molar-refractivity contribution in [3.63, 3.8) is 0 Å². The zero-order valence-corrected chi connectivity index (χ0v) is 17.6. The van der Waals surface area contributed by atoms with Gasteiger partial charge in [0.15, 0.2) is 0 Å². The van der Waals surface area contributed by atoms with Crippen molar-refractivity contribution < 1.29 is 31.5 Å². The van der Waals surface area contributed by atoms with E-state index in [2.05, 4.69) is 5.32 Å². The summed E-state index contributed by atoms with van der Waals surface area (Å²) in [5, 5.41) is 12.9. The second-order valence-corrected chi connectivity index (χ2v) is 9.80. The molecule has 5 nitrogen and oxygen atoms in total. The van der Waals surface area contributed by atoms with Crippen molar-refractivity contribution in [2.24, 2.45) is 0 Å². The van der Waals surface area contributed by atoms with E-state index in [-0.39, 0.29) is 27.6 Å². The van der Waals surface area contributed by atoms with E-state index in [1.54, 1.807) is 6.07 Å². The van der Waals surface area contributed by atoms with E-state index in [4.69, 9.17) is 11.6 Å². The van der Waals surface area contributed by atoms with Crippen LogP contribution in [0.1, 0.15) is 42.3 Å². The molecule has 0 unspecified atom stereocenters. The van der Waals surface area contributed by atoms with E-state index in [1.807, 2.05) is 20.8 Å². The first kappa shape index (κ1) is 23.0. The zero-order valence-electron chi connectivity index (χ0n) is 16.0. The van der Waals surface area contributed by atoms with Crippen LogP contribution in [-0.2, 0) is 15.3 Å². The first-order valence-electron chi connectivity index (χ1n) is 8.32. The molecule has 0 spiro atoms. The van der Waals surface area contributed by atoms with E-state index in [0.29, 0.717) is 5.56 Å². The lowest BCUT2D eigenvalue weighted by molar-refractivity contribution is -0.0436. The molecule has 0 fully saturated rings. The van der Waals surface area contributed by atoms with E-state index < -0.39 is 31.6 Å². The molecule has 158 valence electrons. The molecule has 2 aromatic carbocycles. The van der Waals surface area contributed by atoms with Crippen molar-refractivity contribution in [1.29, 1.82) is 0 Å². The van der Waals surface area contributed by atoms with Crippen LogP contribution in [0.15, 0.2) is 35.2 Å². The molecule has 29 heavy (non-hydrogen) atoms. The third-order valence-corrected chi connectivity index (χ3v) is 6.02. The summed E-state index contributed by atoms with van der Waals surface area (Å²) < 4.78 is 61.2. The van der Waals surface area contributed by atoms with Crippen molar-refractivity contribution >= 4 is 33.0 Å². The van der Waals surface area contributed by atoms with Crippen LogP contribution >= 0.6 is 11.6 Å². The van der Waals surface area contributed by atoms with Crippen molar-refractivity contribution in [3.05, 3.63) is 52.0 Å². The fourth-order valence-corrected chi connectivity index (χ4v) is 3.73. The summed E-state index contributed by atoms with van der Waals surface area (Å²) in [5.74, 6) is -1.09. The number of alkyl halides is 3. The molecule has 0 aliphatic heterocycles. The highest BCUT2D eigenvalue weighted by Crippen LogP contribution is 2.37. The lowest BCUT2D eigenvalue weighted by Crippen LogP contribution is -2.23. The first-order valence-corrected chi connectivity index (χ1v) is 10.2. The molecular weight excluding hydrogens is 431 g/mol. The molecule has 0 heterocycles. The maximum absolute atomic E-state index is 12.7. The number of hydrogen-bond acceptors (Lipinski definition) is 4. The third-order valence-electron chi connectivity index (χ3n) is 4.22. The van der Waals surface area contributed by atoms with Crippen molar-refractivity contribution in [3.8, 4) is 5.75 Å². The van der Waals surface area contributed by atoms with Crippen LogP contribution in [0.5, 0.6) is 5.75 Å². The highest BCUT2D eigenvalue weighted by atomic mass is 35.5. The Morgan fingerprint density at radius 2 is 1.69 bits per heavy atom. The summed E-state index contributed by atoms with van der Waals surface area (Å²) in [7, 11) is -5.51. The first-order chi connectivity index (χ1) is 13.1. The molecule has 0 bridgehead atoms. The van der Waals surface area contributed by atoms with E-state index in [9.17, 15) is 31.5 Å². The van der Waals surface area contributed by atoms with Crippen LogP contribution < -0.4 is 5.32 Å². The molecule has 0 radical (unpaired) electrons. The minimum atomic E-state index is -5.51. The summed E-state index contributed by atoms with van der Waals surface area (Å²) in [6.45, 7) is 6.85. The molecule has 2 aromatic rings. The number of nitrogens with one attached hydrogen (secondary N) is 1. The molecule has 0 saturated heterocycles. The normalized spacial score (nSPS) is 12.7. The van der Waals surface area contributed by atoms with Crippen LogP contribution in [0.4, 0.5) is 18.9 Å². The van der Waals surface area contributed by atoms with Gasteiger partial charge in [0.25, 0.3) is 15.7 Å². The number of aryl methyl sites for hydroxylation is 1. The Labute approximate surface area is 171 Å². The number of anilines is 1. The molecule has 0 atom stereocenters. The average Bonchev–Trinajstić information content (AvgIpc) is 2.54.